The van der Waals surface area contributed by atoms with Crippen molar-refractivity contribution in [2.45, 2.75) is 104 Å². The third kappa shape index (κ3) is 8.24. The number of nitrogens with two attached hydrogens (primary N) is 1. The van der Waals surface area contributed by atoms with Gasteiger partial charge >= 0.3 is 12.1 Å². The van der Waals surface area contributed by atoms with E-state index in [4.69, 9.17) is 15.2 Å². The van der Waals surface area contributed by atoms with E-state index in [1.54, 1.807) is 32.9 Å². The molecule has 2 aliphatic rings. The lowest BCUT2D eigenvalue weighted by Gasteiger charge is -2.41. The number of esters is 1. The lowest BCUT2D eigenvalue weighted by molar-refractivity contribution is -0.176. The van der Waals surface area contributed by atoms with Gasteiger partial charge in [0, 0.05) is 24.2 Å². The summed E-state index contributed by atoms with van der Waals surface area (Å²) in [5, 5.41) is 44.7. The number of cyclic esters (lactones) is 1. The van der Waals surface area contributed by atoms with Crippen LogP contribution in [-0.4, -0.2) is 68.6 Å². The summed E-state index contributed by atoms with van der Waals surface area (Å²) in [6.45, 7) is 18.4. The number of carbonyl (C=O) groups excluding carboxylic acids is 2. The van der Waals surface area contributed by atoms with Gasteiger partial charge < -0.3 is 35.6 Å². The summed E-state index contributed by atoms with van der Waals surface area (Å²) in [5.74, 6) is -3.09. The average Bonchev–Trinajstić information content (AvgIpc) is 3.14. The molecule has 0 radical (unpaired) electrons. The van der Waals surface area contributed by atoms with Crippen LogP contribution in [0.5, 0.6) is 0 Å². The van der Waals surface area contributed by atoms with Crippen molar-refractivity contribution in [2.24, 2.45) is 59.0 Å². The molecular formula is C33H55NO8. The maximum Gasteiger partial charge on any atom is 0.404 e. The summed E-state index contributed by atoms with van der Waals surface area (Å²) in [5.41, 5.74) is 4.09. The Kier molecular flexibility index (Phi) is 12.9. The van der Waals surface area contributed by atoms with Gasteiger partial charge in [0.15, 0.2) is 0 Å². The lowest BCUT2D eigenvalue weighted by atomic mass is 9.70. The second-order valence-electron chi connectivity index (χ2n) is 13.4. The van der Waals surface area contributed by atoms with Crippen LogP contribution in [0.2, 0.25) is 0 Å². The number of aliphatic hydroxyl groups excluding tert-OH is 3. The van der Waals surface area contributed by atoms with Crippen LogP contribution in [0.3, 0.4) is 0 Å². The van der Waals surface area contributed by atoms with E-state index in [9.17, 15) is 30.0 Å². The molecule has 2 rings (SSSR count). The van der Waals surface area contributed by atoms with Crippen LogP contribution in [0.25, 0.3) is 0 Å². The molecule has 1 amide bonds. The molecule has 9 nitrogen and oxygen atoms in total. The Hall–Kier alpha value is -2.20. The topological polar surface area (TPSA) is 160 Å². The quantitative estimate of drug-likeness (QED) is 0.122. The zero-order valence-corrected chi connectivity index (χ0v) is 26.6. The molecule has 0 spiro atoms. The number of carbonyl (C=O) groups is 2. The van der Waals surface area contributed by atoms with Gasteiger partial charge in [0.05, 0.1) is 29.8 Å². The third-order valence-electron chi connectivity index (χ3n) is 10.1. The van der Waals surface area contributed by atoms with Crippen molar-refractivity contribution in [3.8, 4) is 0 Å². The normalized spacial score (nSPS) is 37.0. The molecule has 0 bridgehead atoms. The zero-order chi connectivity index (χ0) is 32.1. The maximum absolute atomic E-state index is 12.2. The van der Waals surface area contributed by atoms with Crippen molar-refractivity contribution in [1.82, 2.24) is 0 Å². The Balaban J connectivity index is 2.21. The molecule has 9 heteroatoms. The van der Waals surface area contributed by atoms with Crippen molar-refractivity contribution < 1.29 is 39.5 Å². The minimum atomic E-state index is -1.25. The Morgan fingerprint density at radius 3 is 2.31 bits per heavy atom. The maximum atomic E-state index is 12.2. The van der Waals surface area contributed by atoms with Crippen LogP contribution in [0.4, 0.5) is 4.79 Å². The van der Waals surface area contributed by atoms with Crippen molar-refractivity contribution >= 4 is 12.1 Å². The Labute approximate surface area is 251 Å². The van der Waals surface area contributed by atoms with Crippen LogP contribution < -0.4 is 5.73 Å². The van der Waals surface area contributed by atoms with Gasteiger partial charge in [-0.3, -0.25) is 4.79 Å². The summed E-state index contributed by atoms with van der Waals surface area (Å²) in [6.07, 6.45) is 5.44. The summed E-state index contributed by atoms with van der Waals surface area (Å²) in [4.78, 5) is 23.8. The van der Waals surface area contributed by atoms with Gasteiger partial charge in [0.25, 0.3) is 0 Å². The second-order valence-corrected chi connectivity index (χ2v) is 13.4. The van der Waals surface area contributed by atoms with Gasteiger partial charge in [-0.1, -0.05) is 78.5 Å². The largest absolute Gasteiger partial charge is 0.461 e. The fourth-order valence-corrected chi connectivity index (χ4v) is 7.50. The Morgan fingerprint density at radius 1 is 1.12 bits per heavy atom. The first-order chi connectivity index (χ1) is 19.5. The van der Waals surface area contributed by atoms with E-state index in [0.29, 0.717) is 6.42 Å². The molecule has 240 valence electrons. The van der Waals surface area contributed by atoms with Gasteiger partial charge in [-0.25, -0.2) is 4.79 Å². The molecule has 1 saturated heterocycles. The van der Waals surface area contributed by atoms with E-state index in [1.165, 1.54) is 0 Å². The van der Waals surface area contributed by atoms with Crippen molar-refractivity contribution in [1.29, 1.82) is 0 Å². The number of allylic oxidation sites excluding steroid dienone is 3. The van der Waals surface area contributed by atoms with Gasteiger partial charge in [-0.2, -0.15) is 0 Å². The Morgan fingerprint density at radius 2 is 1.74 bits per heavy atom. The molecule has 0 aromatic heterocycles. The van der Waals surface area contributed by atoms with Crippen molar-refractivity contribution in [2.75, 3.05) is 0 Å². The first-order valence-corrected chi connectivity index (χ1v) is 15.3. The number of amides is 1. The smallest absolute Gasteiger partial charge is 0.404 e. The molecule has 0 unspecified atom stereocenters. The predicted molar refractivity (Wildman–Crippen MR) is 162 cm³/mol. The van der Waals surface area contributed by atoms with Gasteiger partial charge in [0.2, 0.25) is 0 Å². The summed E-state index contributed by atoms with van der Waals surface area (Å²) in [6, 6.07) is 0. The second kappa shape index (κ2) is 15.0. The minimum absolute atomic E-state index is 0.130. The third-order valence-corrected chi connectivity index (χ3v) is 10.1. The highest BCUT2D eigenvalue weighted by atomic mass is 16.6. The summed E-state index contributed by atoms with van der Waals surface area (Å²) >= 11 is 0. The first kappa shape index (κ1) is 36.0. The van der Waals surface area contributed by atoms with E-state index in [1.807, 2.05) is 52.8 Å². The minimum Gasteiger partial charge on any atom is -0.461 e. The van der Waals surface area contributed by atoms with E-state index in [-0.39, 0.29) is 47.8 Å². The molecule has 42 heavy (non-hydrogen) atoms. The molecule has 1 heterocycles. The van der Waals surface area contributed by atoms with Crippen molar-refractivity contribution in [3.63, 3.8) is 0 Å². The molecule has 6 N–H and O–H groups in total. The molecule has 0 aromatic rings. The Bertz CT molecular complexity index is 979. The SMILES string of the molecule is C=C/C=C\[C@H](C)[C@H](OC(N)=O)[C@@H](C)[C@H](O)[C@H](C)C[C@](C)(O)[C@@H]1[C@H](C)[C@@H](O)[C@@H](C)[C@H]1/C=C/C[C@H]1OC(=O)[C@H](C)[C@@H](O)[C@H]1C. The van der Waals surface area contributed by atoms with E-state index < -0.39 is 60.0 Å². The van der Waals surface area contributed by atoms with E-state index in [0.717, 1.165) is 0 Å². The highest BCUT2D eigenvalue weighted by Crippen LogP contribution is 2.49. The van der Waals surface area contributed by atoms with Crippen LogP contribution >= 0.6 is 0 Å². The van der Waals surface area contributed by atoms with Crippen molar-refractivity contribution in [3.05, 3.63) is 37.0 Å². The molecular weight excluding hydrogens is 538 g/mol. The average molecular weight is 594 g/mol. The van der Waals surface area contributed by atoms with Gasteiger partial charge in [0.1, 0.15) is 12.2 Å². The number of rotatable bonds is 13. The number of primary amides is 1. The molecule has 15 atom stereocenters. The number of ether oxygens (including phenoxy) is 2. The fourth-order valence-electron chi connectivity index (χ4n) is 7.50. The molecule has 2 fully saturated rings. The van der Waals surface area contributed by atoms with E-state index in [2.05, 4.69) is 6.58 Å². The molecule has 1 saturated carbocycles. The lowest BCUT2D eigenvalue weighted by Crippen LogP contribution is -2.46. The monoisotopic (exact) mass is 593 g/mol. The number of hydrogen-bond acceptors (Lipinski definition) is 8. The highest BCUT2D eigenvalue weighted by Gasteiger charge is 2.52. The summed E-state index contributed by atoms with van der Waals surface area (Å²) < 4.78 is 11.0. The predicted octanol–water partition coefficient (Wildman–Crippen LogP) is 3.99. The van der Waals surface area contributed by atoms with Crippen LogP contribution in [0.15, 0.2) is 37.0 Å². The zero-order valence-electron chi connectivity index (χ0n) is 26.6. The first-order valence-electron chi connectivity index (χ1n) is 15.3. The van der Waals surface area contributed by atoms with Crippen LogP contribution in [0.1, 0.15) is 68.2 Å². The number of hydrogen-bond donors (Lipinski definition) is 5. The highest BCUT2D eigenvalue weighted by molar-refractivity contribution is 5.73. The molecule has 1 aliphatic carbocycles. The van der Waals surface area contributed by atoms with Gasteiger partial charge in [-0.05, 0) is 49.9 Å². The van der Waals surface area contributed by atoms with Crippen LogP contribution in [-0.2, 0) is 14.3 Å². The number of aliphatic hydroxyl groups is 4. The molecule has 0 aromatic carbocycles. The van der Waals surface area contributed by atoms with E-state index >= 15 is 0 Å². The van der Waals surface area contributed by atoms with Gasteiger partial charge in [-0.15, -0.1) is 0 Å². The standard InChI is InChI=1S/C33H55NO8/c1-10-11-13-17(2)30(42-32(34)39)22(7)27(35)18(3)16-33(9,40)26-21(6)28(36)19(4)24(26)14-12-15-25-20(5)29(37)23(8)31(38)41-25/h10-14,17-30,35-37,40H,1,15-16H2,2-9H3,(H2,34,39)/b13-11-,14-12+/t17-,18+,19-,20-,21-,22-,23+,24+,25+,26+,27+,28-,29-,30-,33-/m0/s1. The fraction of sp³-hybridized carbons (Fsp3) is 0.758. The summed E-state index contributed by atoms with van der Waals surface area (Å²) in [7, 11) is 0. The molecule has 1 aliphatic heterocycles. The van der Waals surface area contributed by atoms with Crippen LogP contribution in [0, 0.1) is 53.3 Å².